The molecule has 4 heteroatoms. The Bertz CT molecular complexity index is 497. The highest BCUT2D eigenvalue weighted by Crippen LogP contribution is 2.27. The van der Waals surface area contributed by atoms with E-state index in [-0.39, 0.29) is 0 Å². The van der Waals surface area contributed by atoms with Crippen molar-refractivity contribution in [3.63, 3.8) is 0 Å². The molecule has 0 aromatic heterocycles. The highest BCUT2D eigenvalue weighted by Gasteiger charge is 2.33. The first-order chi connectivity index (χ1) is 9.28. The van der Waals surface area contributed by atoms with E-state index in [0.717, 1.165) is 19.6 Å². The maximum Gasteiger partial charge on any atom is 0.136 e. The van der Waals surface area contributed by atoms with Crippen molar-refractivity contribution in [1.29, 1.82) is 5.26 Å². The Hall–Kier alpha value is -1.57. The van der Waals surface area contributed by atoms with Gasteiger partial charge in [-0.15, -0.1) is 0 Å². The predicted octanol–water partition coefficient (Wildman–Crippen LogP) is 1.93. The van der Waals surface area contributed by atoms with Gasteiger partial charge in [-0.25, -0.2) is 0 Å². The molecule has 2 bridgehead atoms. The molecule has 0 aliphatic carbocycles. The summed E-state index contributed by atoms with van der Waals surface area (Å²) in [6, 6.07) is 8.03. The number of fused-ring (bicyclic) bond motifs is 2. The van der Waals surface area contributed by atoms with Crippen LogP contribution in [0.25, 0.3) is 0 Å². The van der Waals surface area contributed by atoms with Crippen molar-refractivity contribution >= 4 is 0 Å². The van der Waals surface area contributed by atoms with Crippen molar-refractivity contribution in [3.8, 4) is 11.8 Å². The average Bonchev–Trinajstić information content (AvgIpc) is 2.78. The minimum absolute atomic E-state index is 0.410. The van der Waals surface area contributed by atoms with E-state index >= 15 is 0 Å². The number of benzene rings is 1. The highest BCUT2D eigenvalue weighted by molar-refractivity contribution is 5.45. The third-order valence-electron chi connectivity index (χ3n) is 3.91. The molecule has 0 saturated carbocycles. The summed E-state index contributed by atoms with van der Waals surface area (Å²) in [5.74, 6) is 0.647. The number of rotatable bonds is 3. The maximum absolute atomic E-state index is 9.11. The first-order valence-corrected chi connectivity index (χ1v) is 6.73. The van der Waals surface area contributed by atoms with Gasteiger partial charge in [0, 0.05) is 19.6 Å². The van der Waals surface area contributed by atoms with Gasteiger partial charge in [0.05, 0.1) is 24.9 Å². The number of nitrogens with zero attached hydrogens (tertiary/aromatic N) is 2. The highest BCUT2D eigenvalue weighted by atomic mass is 16.5. The average molecular weight is 258 g/mol. The third-order valence-corrected chi connectivity index (χ3v) is 3.91. The van der Waals surface area contributed by atoms with Gasteiger partial charge in [0.2, 0.25) is 0 Å². The molecule has 2 saturated heterocycles. The van der Waals surface area contributed by atoms with Crippen LogP contribution in [0.5, 0.6) is 5.75 Å². The topological polar surface area (TPSA) is 45.5 Å². The van der Waals surface area contributed by atoms with Crippen LogP contribution in [-0.4, -0.2) is 37.3 Å². The van der Waals surface area contributed by atoms with Crippen LogP contribution < -0.4 is 4.74 Å². The molecular weight excluding hydrogens is 240 g/mol. The summed E-state index contributed by atoms with van der Waals surface area (Å²) in [6.45, 7) is 2.89. The zero-order chi connectivity index (χ0) is 13.2. The molecular formula is C15H18N2O2. The van der Waals surface area contributed by atoms with E-state index in [4.69, 9.17) is 14.7 Å². The number of morpholine rings is 1. The molecule has 2 heterocycles. The van der Waals surface area contributed by atoms with Crippen LogP contribution in [0.1, 0.15) is 24.0 Å². The van der Waals surface area contributed by atoms with Gasteiger partial charge in [-0.1, -0.05) is 6.07 Å². The van der Waals surface area contributed by atoms with Gasteiger partial charge < -0.3 is 9.47 Å². The van der Waals surface area contributed by atoms with Gasteiger partial charge >= 0.3 is 0 Å². The molecule has 3 rings (SSSR count). The Labute approximate surface area is 113 Å². The molecule has 1 aromatic carbocycles. The predicted molar refractivity (Wildman–Crippen MR) is 70.9 cm³/mol. The number of hydrogen-bond donors (Lipinski definition) is 0. The second-order valence-corrected chi connectivity index (χ2v) is 5.30. The SMILES string of the molecule is COc1ccc(CN2CC3CCC(C2)O3)cc1C#N. The monoisotopic (exact) mass is 258 g/mol. The summed E-state index contributed by atoms with van der Waals surface area (Å²) < 4.78 is 11.0. The van der Waals surface area contributed by atoms with E-state index in [0.29, 0.717) is 23.5 Å². The second-order valence-electron chi connectivity index (χ2n) is 5.30. The molecule has 2 unspecified atom stereocenters. The summed E-state index contributed by atoms with van der Waals surface area (Å²) >= 11 is 0. The van der Waals surface area contributed by atoms with Crippen LogP contribution in [0.4, 0.5) is 0 Å². The third kappa shape index (κ3) is 2.58. The minimum Gasteiger partial charge on any atom is -0.495 e. The summed E-state index contributed by atoms with van der Waals surface area (Å²) in [6.07, 6.45) is 3.19. The molecule has 4 nitrogen and oxygen atoms in total. The molecule has 2 atom stereocenters. The molecule has 2 aliphatic heterocycles. The second kappa shape index (κ2) is 5.20. The Morgan fingerprint density at radius 1 is 1.37 bits per heavy atom. The van der Waals surface area contributed by atoms with E-state index in [1.54, 1.807) is 7.11 Å². The summed E-state index contributed by atoms with van der Waals surface area (Å²) in [7, 11) is 1.59. The molecule has 19 heavy (non-hydrogen) atoms. The normalized spacial score (nSPS) is 26.1. The lowest BCUT2D eigenvalue weighted by atomic mass is 10.1. The van der Waals surface area contributed by atoms with Crippen LogP contribution in [0.2, 0.25) is 0 Å². The summed E-state index contributed by atoms with van der Waals surface area (Å²) in [5.41, 5.74) is 1.77. The molecule has 0 spiro atoms. The van der Waals surface area contributed by atoms with Crippen LogP contribution >= 0.6 is 0 Å². The van der Waals surface area contributed by atoms with E-state index < -0.39 is 0 Å². The number of hydrogen-bond acceptors (Lipinski definition) is 4. The maximum atomic E-state index is 9.11. The lowest BCUT2D eigenvalue weighted by Crippen LogP contribution is -2.41. The molecule has 0 radical (unpaired) electrons. The molecule has 0 amide bonds. The lowest BCUT2D eigenvalue weighted by molar-refractivity contribution is -0.0410. The van der Waals surface area contributed by atoms with Gasteiger partial charge in [0.1, 0.15) is 11.8 Å². The van der Waals surface area contributed by atoms with Gasteiger partial charge in [-0.3, -0.25) is 4.90 Å². The van der Waals surface area contributed by atoms with Crippen LogP contribution in [0.3, 0.4) is 0 Å². The van der Waals surface area contributed by atoms with Crippen molar-refractivity contribution in [2.45, 2.75) is 31.6 Å². The molecule has 100 valence electrons. The van der Waals surface area contributed by atoms with Crippen molar-refractivity contribution in [2.75, 3.05) is 20.2 Å². The van der Waals surface area contributed by atoms with Gasteiger partial charge in [-0.05, 0) is 30.5 Å². The number of methoxy groups -OCH3 is 1. The van der Waals surface area contributed by atoms with Crippen molar-refractivity contribution in [1.82, 2.24) is 4.90 Å². The van der Waals surface area contributed by atoms with Crippen molar-refractivity contribution < 1.29 is 9.47 Å². The van der Waals surface area contributed by atoms with E-state index in [2.05, 4.69) is 11.0 Å². The van der Waals surface area contributed by atoms with E-state index in [9.17, 15) is 0 Å². The Morgan fingerprint density at radius 2 is 2.11 bits per heavy atom. The van der Waals surface area contributed by atoms with Crippen LogP contribution in [0, 0.1) is 11.3 Å². The molecule has 1 aromatic rings. The van der Waals surface area contributed by atoms with Crippen molar-refractivity contribution in [2.24, 2.45) is 0 Å². The smallest absolute Gasteiger partial charge is 0.136 e. The number of likely N-dealkylation sites (tertiary alicyclic amines) is 1. The largest absolute Gasteiger partial charge is 0.495 e. The Morgan fingerprint density at radius 3 is 2.74 bits per heavy atom. The minimum atomic E-state index is 0.410. The van der Waals surface area contributed by atoms with Crippen LogP contribution in [0.15, 0.2) is 18.2 Å². The number of nitriles is 1. The quantitative estimate of drug-likeness (QED) is 0.831. The lowest BCUT2D eigenvalue weighted by Gasteiger charge is -2.32. The first-order valence-electron chi connectivity index (χ1n) is 6.73. The van der Waals surface area contributed by atoms with E-state index in [1.165, 1.54) is 18.4 Å². The summed E-state index contributed by atoms with van der Waals surface area (Å²) in [4.78, 5) is 2.43. The standard InChI is InChI=1S/C15H18N2O2/c1-18-15-5-2-11(6-12(15)7-16)8-17-9-13-3-4-14(10-17)19-13/h2,5-6,13-14H,3-4,8-10H2,1H3. The molecule has 2 fully saturated rings. The number of ether oxygens (including phenoxy) is 2. The fourth-order valence-corrected chi connectivity index (χ4v) is 3.03. The van der Waals surface area contributed by atoms with Gasteiger partial charge in [-0.2, -0.15) is 5.26 Å². The Kier molecular flexibility index (Phi) is 3.41. The molecule has 0 N–H and O–H groups in total. The Balaban J connectivity index is 1.71. The first kappa shape index (κ1) is 12.5. The van der Waals surface area contributed by atoms with Gasteiger partial charge in [0.15, 0.2) is 0 Å². The fourth-order valence-electron chi connectivity index (χ4n) is 3.03. The van der Waals surface area contributed by atoms with E-state index in [1.807, 2.05) is 18.2 Å². The molecule has 2 aliphatic rings. The van der Waals surface area contributed by atoms with Crippen molar-refractivity contribution in [3.05, 3.63) is 29.3 Å². The van der Waals surface area contributed by atoms with Gasteiger partial charge in [0.25, 0.3) is 0 Å². The zero-order valence-corrected chi connectivity index (χ0v) is 11.1. The fraction of sp³-hybridized carbons (Fsp3) is 0.533. The van der Waals surface area contributed by atoms with Crippen LogP contribution in [-0.2, 0) is 11.3 Å². The zero-order valence-electron chi connectivity index (χ0n) is 11.1. The summed E-state index contributed by atoms with van der Waals surface area (Å²) in [5, 5.41) is 9.11.